The number of methoxy groups -OCH3 is 1. The monoisotopic (exact) mass is 670 g/mol. The number of tetrazole rings is 1. The average Bonchev–Trinajstić information content (AvgIpc) is 3.55. The molecular formula is C35H43ClN10O2. The van der Waals surface area contributed by atoms with Crippen molar-refractivity contribution >= 4 is 23.2 Å². The number of ether oxygens (including phenoxy) is 2. The fraction of sp³-hybridized carbons (Fsp3) is 0.486. The molecule has 1 aromatic carbocycles. The number of benzene rings is 1. The van der Waals surface area contributed by atoms with Gasteiger partial charge in [0.25, 0.3) is 0 Å². The Kier molecular flexibility index (Phi) is 11.0. The summed E-state index contributed by atoms with van der Waals surface area (Å²) in [7, 11) is 1.67. The summed E-state index contributed by atoms with van der Waals surface area (Å²) in [6, 6.07) is 19.2. The topological polar surface area (TPSA) is 148 Å². The van der Waals surface area contributed by atoms with Gasteiger partial charge in [-0.3, -0.25) is 0 Å². The molecule has 48 heavy (non-hydrogen) atoms. The SMILES string of the molecule is COc1ccc(Cn2nnnc2CC(C)N[C@H]2CC[C@H](Nc3cc(-c4cccc(NCC5(C#N)CCOCC5)n4)c(Cl)cn3)CC2)cc1. The molecule has 1 saturated carbocycles. The first kappa shape index (κ1) is 33.6. The number of nitriles is 1. The maximum absolute atomic E-state index is 9.81. The molecule has 4 heterocycles. The summed E-state index contributed by atoms with van der Waals surface area (Å²) in [5.41, 5.74) is 2.25. The molecule has 2 aliphatic rings. The lowest BCUT2D eigenvalue weighted by Gasteiger charge is -2.32. The molecule has 1 aliphatic carbocycles. The van der Waals surface area contributed by atoms with Crippen molar-refractivity contribution in [3.8, 4) is 23.1 Å². The summed E-state index contributed by atoms with van der Waals surface area (Å²) in [6.45, 7) is 4.56. The van der Waals surface area contributed by atoms with E-state index in [1.54, 1.807) is 13.3 Å². The van der Waals surface area contributed by atoms with E-state index < -0.39 is 5.41 Å². The highest BCUT2D eigenvalue weighted by atomic mass is 35.5. The van der Waals surface area contributed by atoms with Gasteiger partial charge in [0, 0.05) is 56.1 Å². The number of pyridine rings is 2. The molecule has 1 aliphatic heterocycles. The first-order chi connectivity index (χ1) is 23.4. The first-order valence-electron chi connectivity index (χ1n) is 16.7. The van der Waals surface area contributed by atoms with Crippen LogP contribution in [0, 0.1) is 16.7 Å². The molecule has 13 heteroatoms. The molecule has 0 spiro atoms. The third kappa shape index (κ3) is 8.58. The molecule has 3 aromatic heterocycles. The zero-order valence-electron chi connectivity index (χ0n) is 27.5. The van der Waals surface area contributed by atoms with Crippen LogP contribution in [0.15, 0.2) is 54.7 Å². The van der Waals surface area contributed by atoms with Crippen LogP contribution in [0.4, 0.5) is 11.6 Å². The van der Waals surface area contributed by atoms with Crippen molar-refractivity contribution in [3.05, 3.63) is 71.1 Å². The predicted octanol–water partition coefficient (Wildman–Crippen LogP) is 5.52. The van der Waals surface area contributed by atoms with Crippen molar-refractivity contribution < 1.29 is 9.47 Å². The largest absolute Gasteiger partial charge is 0.497 e. The number of aromatic nitrogens is 6. The van der Waals surface area contributed by atoms with E-state index in [0.717, 1.165) is 66.3 Å². The van der Waals surface area contributed by atoms with Gasteiger partial charge in [0.05, 0.1) is 35.9 Å². The highest BCUT2D eigenvalue weighted by molar-refractivity contribution is 6.33. The number of anilines is 2. The standard InChI is InChI=1S/C35H43ClN10O2/c1-24(18-34-43-44-45-46(34)21-25-6-12-28(47-2)13-7-25)40-26-8-10-27(11-9-26)41-33-19-29(30(36)20-38-33)31-4-3-5-32(42-31)39-23-35(22-37)14-16-48-17-15-35/h3-7,12-13,19-20,24,26-27,40H,8-11,14-18,21,23H2,1-2H3,(H,38,41)(H,39,42)/t24?,26-,27-. The van der Waals surface area contributed by atoms with Crippen LogP contribution in [0.25, 0.3) is 11.3 Å². The Bertz CT molecular complexity index is 1680. The number of hydrogen-bond acceptors (Lipinski definition) is 11. The second-order valence-corrected chi connectivity index (χ2v) is 13.3. The Hall–Kier alpha value is -4.31. The average molecular weight is 671 g/mol. The van der Waals surface area contributed by atoms with E-state index in [1.807, 2.05) is 53.2 Å². The lowest BCUT2D eigenvalue weighted by Crippen LogP contribution is -2.42. The minimum atomic E-state index is -0.440. The third-order valence-electron chi connectivity index (χ3n) is 9.36. The normalized spacial score (nSPS) is 19.6. The van der Waals surface area contributed by atoms with Gasteiger partial charge in [-0.15, -0.1) is 5.10 Å². The molecule has 3 N–H and O–H groups in total. The van der Waals surface area contributed by atoms with Crippen LogP contribution in [0.5, 0.6) is 5.75 Å². The summed E-state index contributed by atoms with van der Waals surface area (Å²) in [5.74, 6) is 3.20. The molecule has 1 atom stereocenters. The quantitative estimate of drug-likeness (QED) is 0.165. The Balaban J connectivity index is 0.992. The minimum Gasteiger partial charge on any atom is -0.497 e. The maximum Gasteiger partial charge on any atom is 0.153 e. The number of nitrogens with one attached hydrogen (secondary N) is 3. The second-order valence-electron chi connectivity index (χ2n) is 12.9. The van der Waals surface area contributed by atoms with E-state index in [2.05, 4.69) is 49.5 Å². The molecule has 1 unspecified atom stereocenters. The van der Waals surface area contributed by atoms with Gasteiger partial charge in [-0.1, -0.05) is 29.8 Å². The van der Waals surface area contributed by atoms with Crippen molar-refractivity contribution in [3.63, 3.8) is 0 Å². The van der Waals surface area contributed by atoms with Crippen molar-refractivity contribution in [1.29, 1.82) is 5.26 Å². The summed E-state index contributed by atoms with van der Waals surface area (Å²) in [4.78, 5) is 9.40. The number of nitrogens with zero attached hydrogens (tertiary/aromatic N) is 7. The fourth-order valence-corrected chi connectivity index (χ4v) is 6.69. The fourth-order valence-electron chi connectivity index (χ4n) is 6.49. The molecule has 0 bridgehead atoms. The van der Waals surface area contributed by atoms with Gasteiger partial charge in [0.1, 0.15) is 17.4 Å². The zero-order valence-corrected chi connectivity index (χ0v) is 28.3. The van der Waals surface area contributed by atoms with Crippen LogP contribution in [0.1, 0.15) is 56.8 Å². The highest BCUT2D eigenvalue weighted by Gasteiger charge is 2.32. The van der Waals surface area contributed by atoms with E-state index in [0.29, 0.717) is 62.1 Å². The van der Waals surface area contributed by atoms with E-state index in [-0.39, 0.29) is 6.04 Å². The number of rotatable bonds is 13. The van der Waals surface area contributed by atoms with Crippen molar-refractivity contribution in [1.82, 2.24) is 35.5 Å². The zero-order chi connectivity index (χ0) is 33.3. The molecular weight excluding hydrogens is 628 g/mol. The van der Waals surface area contributed by atoms with Crippen molar-refractivity contribution in [2.75, 3.05) is 37.5 Å². The van der Waals surface area contributed by atoms with Gasteiger partial charge >= 0.3 is 0 Å². The summed E-state index contributed by atoms with van der Waals surface area (Å²) >= 11 is 6.61. The third-order valence-corrected chi connectivity index (χ3v) is 9.66. The summed E-state index contributed by atoms with van der Waals surface area (Å²) < 4.78 is 12.6. The van der Waals surface area contributed by atoms with Crippen molar-refractivity contribution in [2.24, 2.45) is 5.41 Å². The highest BCUT2D eigenvalue weighted by Crippen LogP contribution is 2.32. The van der Waals surface area contributed by atoms with Gasteiger partial charge < -0.3 is 25.4 Å². The second kappa shape index (κ2) is 15.7. The molecule has 0 amide bonds. The Labute approximate surface area is 286 Å². The van der Waals surface area contributed by atoms with Crippen LogP contribution >= 0.6 is 11.6 Å². The van der Waals surface area contributed by atoms with Crippen LogP contribution in [0.2, 0.25) is 5.02 Å². The Morgan fingerprint density at radius 1 is 1.08 bits per heavy atom. The van der Waals surface area contributed by atoms with Crippen LogP contribution in [-0.4, -0.2) is 75.2 Å². The van der Waals surface area contributed by atoms with Gasteiger partial charge in [-0.05, 0) is 91.8 Å². The van der Waals surface area contributed by atoms with Crippen LogP contribution in [-0.2, 0) is 17.7 Å². The van der Waals surface area contributed by atoms with Gasteiger partial charge in [-0.25, -0.2) is 14.6 Å². The van der Waals surface area contributed by atoms with Gasteiger partial charge in [-0.2, -0.15) is 5.26 Å². The van der Waals surface area contributed by atoms with E-state index in [1.165, 1.54) is 0 Å². The van der Waals surface area contributed by atoms with E-state index >= 15 is 0 Å². The van der Waals surface area contributed by atoms with Crippen LogP contribution in [0.3, 0.4) is 0 Å². The number of halogens is 1. The predicted molar refractivity (Wildman–Crippen MR) is 185 cm³/mol. The summed E-state index contributed by atoms with van der Waals surface area (Å²) in [5, 5.41) is 33.6. The lowest BCUT2D eigenvalue weighted by molar-refractivity contribution is 0.0455. The van der Waals surface area contributed by atoms with Gasteiger partial charge in [0.15, 0.2) is 5.82 Å². The molecule has 0 radical (unpaired) electrons. The van der Waals surface area contributed by atoms with Crippen LogP contribution < -0.4 is 20.7 Å². The Morgan fingerprint density at radius 2 is 1.85 bits per heavy atom. The smallest absolute Gasteiger partial charge is 0.153 e. The van der Waals surface area contributed by atoms with E-state index in [9.17, 15) is 5.26 Å². The molecule has 1 saturated heterocycles. The molecule has 4 aromatic rings. The molecule has 12 nitrogen and oxygen atoms in total. The maximum atomic E-state index is 9.81. The van der Waals surface area contributed by atoms with E-state index in [4.69, 9.17) is 26.1 Å². The molecule has 252 valence electrons. The minimum absolute atomic E-state index is 0.237. The summed E-state index contributed by atoms with van der Waals surface area (Å²) in [6.07, 6.45) is 8.04. The molecule has 2 fully saturated rings. The Morgan fingerprint density at radius 3 is 2.60 bits per heavy atom. The molecule has 6 rings (SSSR count). The number of hydrogen-bond donors (Lipinski definition) is 3. The first-order valence-corrected chi connectivity index (χ1v) is 17.1. The van der Waals surface area contributed by atoms with Gasteiger partial charge in [0.2, 0.25) is 0 Å². The lowest BCUT2D eigenvalue weighted by atomic mass is 9.82. The van der Waals surface area contributed by atoms with Crippen molar-refractivity contribution in [2.45, 2.75) is 76.5 Å².